The minimum Gasteiger partial charge on any atom is -0.493 e. The lowest BCUT2D eigenvalue weighted by Gasteiger charge is -2.33. The van der Waals surface area contributed by atoms with Crippen molar-refractivity contribution < 1.29 is 9.47 Å². The lowest BCUT2D eigenvalue weighted by atomic mass is 9.97. The lowest BCUT2D eigenvalue weighted by molar-refractivity contribution is 0.162. The van der Waals surface area contributed by atoms with Crippen LogP contribution in [0.1, 0.15) is 33.6 Å². The van der Waals surface area contributed by atoms with Crippen LogP contribution in [0.25, 0.3) is 0 Å². The quantitative estimate of drug-likeness (QED) is 0.318. The Hall–Kier alpha value is -1.22. The number of hydrogen-bond donors (Lipinski definition) is 2. The van der Waals surface area contributed by atoms with E-state index >= 15 is 0 Å². The zero-order valence-corrected chi connectivity index (χ0v) is 20.3. The molecule has 7 heteroatoms. The monoisotopic (exact) mass is 504 g/mol. The van der Waals surface area contributed by atoms with Crippen LogP contribution in [0, 0.1) is 11.8 Å². The van der Waals surface area contributed by atoms with Gasteiger partial charge in [-0.3, -0.25) is 4.99 Å². The van der Waals surface area contributed by atoms with Crippen molar-refractivity contribution in [2.75, 3.05) is 52.3 Å². The van der Waals surface area contributed by atoms with Gasteiger partial charge in [0, 0.05) is 37.9 Å². The number of guanidine groups is 1. The van der Waals surface area contributed by atoms with Gasteiger partial charge in [0.15, 0.2) is 17.5 Å². The van der Waals surface area contributed by atoms with Crippen molar-refractivity contribution in [2.24, 2.45) is 16.8 Å². The van der Waals surface area contributed by atoms with Gasteiger partial charge in [0.25, 0.3) is 0 Å². The van der Waals surface area contributed by atoms with Crippen molar-refractivity contribution in [3.8, 4) is 11.5 Å². The third-order valence-corrected chi connectivity index (χ3v) is 4.72. The number of benzene rings is 1. The van der Waals surface area contributed by atoms with E-state index in [1.807, 2.05) is 18.2 Å². The largest absolute Gasteiger partial charge is 0.493 e. The maximum atomic E-state index is 5.39. The second-order valence-electron chi connectivity index (χ2n) is 7.58. The first kappa shape index (κ1) is 24.8. The van der Waals surface area contributed by atoms with Crippen LogP contribution >= 0.6 is 24.0 Å². The van der Waals surface area contributed by atoms with Crippen LogP contribution in [-0.2, 0) is 0 Å². The summed E-state index contributed by atoms with van der Waals surface area (Å²) in [7, 11) is 3.29. The van der Waals surface area contributed by atoms with E-state index in [4.69, 9.17) is 14.5 Å². The van der Waals surface area contributed by atoms with Gasteiger partial charge in [0.05, 0.1) is 14.2 Å². The molecule has 1 aliphatic rings. The Kier molecular flexibility index (Phi) is 11.6. The van der Waals surface area contributed by atoms with E-state index in [2.05, 4.69) is 36.3 Å². The third kappa shape index (κ3) is 8.03. The van der Waals surface area contributed by atoms with Gasteiger partial charge in [0.2, 0.25) is 0 Å². The van der Waals surface area contributed by atoms with E-state index in [0.717, 1.165) is 42.9 Å². The molecule has 1 aromatic rings. The van der Waals surface area contributed by atoms with Crippen LogP contribution < -0.4 is 20.1 Å². The Morgan fingerprint density at radius 2 is 2.00 bits per heavy atom. The fourth-order valence-electron chi connectivity index (χ4n) is 3.56. The van der Waals surface area contributed by atoms with Crippen molar-refractivity contribution in [1.82, 2.24) is 10.2 Å². The van der Waals surface area contributed by atoms with Crippen molar-refractivity contribution in [3.05, 3.63) is 18.2 Å². The summed E-state index contributed by atoms with van der Waals surface area (Å²) in [6.07, 6.45) is 2.53. The normalized spacial score (nSPS) is 17.8. The van der Waals surface area contributed by atoms with Gasteiger partial charge in [-0.2, -0.15) is 0 Å². The number of hydrogen-bond acceptors (Lipinski definition) is 4. The summed E-state index contributed by atoms with van der Waals surface area (Å²) >= 11 is 0. The molecular weight excluding hydrogens is 467 g/mol. The van der Waals surface area contributed by atoms with Gasteiger partial charge in [-0.05, 0) is 50.3 Å². The highest BCUT2D eigenvalue weighted by Gasteiger charge is 2.20. The Balaban J connectivity index is 0.00000392. The fraction of sp³-hybridized carbons (Fsp3) is 0.667. The number of aliphatic imine (C=N–C) groups is 1. The molecule has 1 fully saturated rings. The van der Waals surface area contributed by atoms with Crippen LogP contribution in [0.2, 0.25) is 0 Å². The minimum atomic E-state index is 0. The van der Waals surface area contributed by atoms with Gasteiger partial charge < -0.3 is 25.0 Å². The second-order valence-corrected chi connectivity index (χ2v) is 7.58. The van der Waals surface area contributed by atoms with E-state index in [-0.39, 0.29) is 24.0 Å². The van der Waals surface area contributed by atoms with E-state index < -0.39 is 0 Å². The number of nitrogens with one attached hydrogen (secondary N) is 2. The molecule has 1 unspecified atom stereocenters. The molecule has 1 aliphatic heterocycles. The van der Waals surface area contributed by atoms with Crippen molar-refractivity contribution >= 4 is 35.6 Å². The number of halogens is 1. The summed E-state index contributed by atoms with van der Waals surface area (Å²) in [5.41, 5.74) is 0.928. The Bertz CT molecular complexity index is 610. The van der Waals surface area contributed by atoms with Crippen molar-refractivity contribution in [1.29, 1.82) is 0 Å². The van der Waals surface area contributed by atoms with Gasteiger partial charge in [-0.1, -0.05) is 13.8 Å². The van der Waals surface area contributed by atoms with E-state index in [1.165, 1.54) is 25.9 Å². The van der Waals surface area contributed by atoms with Gasteiger partial charge in [0.1, 0.15) is 0 Å². The summed E-state index contributed by atoms with van der Waals surface area (Å²) in [6.45, 7) is 11.9. The topological polar surface area (TPSA) is 58.1 Å². The van der Waals surface area contributed by atoms with E-state index in [1.54, 1.807) is 14.2 Å². The Labute approximate surface area is 187 Å². The zero-order chi connectivity index (χ0) is 19.6. The highest BCUT2D eigenvalue weighted by Crippen LogP contribution is 2.29. The molecule has 28 heavy (non-hydrogen) atoms. The predicted octanol–water partition coefficient (Wildman–Crippen LogP) is 4.07. The summed E-state index contributed by atoms with van der Waals surface area (Å²) < 4.78 is 10.7. The summed E-state index contributed by atoms with van der Waals surface area (Å²) in [5, 5.41) is 6.71. The molecule has 0 radical (unpaired) electrons. The Morgan fingerprint density at radius 1 is 1.25 bits per heavy atom. The van der Waals surface area contributed by atoms with Crippen LogP contribution in [0.4, 0.5) is 5.69 Å². The molecule has 0 aliphatic carbocycles. The summed E-state index contributed by atoms with van der Waals surface area (Å²) in [5.74, 6) is 3.58. The minimum absolute atomic E-state index is 0. The highest BCUT2D eigenvalue weighted by molar-refractivity contribution is 14.0. The summed E-state index contributed by atoms with van der Waals surface area (Å²) in [6, 6.07) is 5.80. The Morgan fingerprint density at radius 3 is 2.64 bits per heavy atom. The zero-order valence-electron chi connectivity index (χ0n) is 18.0. The maximum Gasteiger partial charge on any atom is 0.195 e. The number of likely N-dealkylation sites (tertiary alicyclic amines) is 1. The van der Waals surface area contributed by atoms with Crippen LogP contribution in [0.15, 0.2) is 23.2 Å². The van der Waals surface area contributed by atoms with Crippen LogP contribution in [-0.4, -0.2) is 57.8 Å². The molecule has 6 nitrogen and oxygen atoms in total. The number of rotatable bonds is 8. The van der Waals surface area contributed by atoms with E-state index in [9.17, 15) is 0 Å². The number of ether oxygens (including phenoxy) is 2. The highest BCUT2D eigenvalue weighted by atomic mass is 127. The predicted molar refractivity (Wildman–Crippen MR) is 129 cm³/mol. The maximum absolute atomic E-state index is 5.39. The number of nitrogens with zero attached hydrogens (tertiary/aromatic N) is 2. The molecule has 1 aromatic carbocycles. The molecule has 1 saturated heterocycles. The first-order valence-corrected chi connectivity index (χ1v) is 10.0. The molecule has 0 spiro atoms. The molecule has 0 saturated carbocycles. The molecule has 0 bridgehead atoms. The number of piperidine rings is 1. The van der Waals surface area contributed by atoms with Crippen molar-refractivity contribution in [2.45, 2.75) is 33.6 Å². The molecule has 2 N–H and O–H groups in total. The van der Waals surface area contributed by atoms with E-state index in [0.29, 0.717) is 11.7 Å². The third-order valence-electron chi connectivity index (χ3n) is 4.72. The SMILES string of the molecule is CCNC(=NCC1CCCN(CC(C)C)C1)Nc1ccc(OC)c(OC)c1.I. The standard InChI is InChI=1S/C21H36N4O2.HI/c1-6-22-21(24-18-9-10-19(26-4)20(12-18)27-5)23-13-17-8-7-11-25(15-17)14-16(2)3;/h9-10,12,16-17H,6-8,11,13-15H2,1-5H3,(H2,22,23,24);1H. The molecule has 1 heterocycles. The molecule has 0 amide bonds. The lowest BCUT2D eigenvalue weighted by Crippen LogP contribution is -2.39. The molecular formula is C21H37IN4O2. The smallest absolute Gasteiger partial charge is 0.195 e. The summed E-state index contributed by atoms with van der Waals surface area (Å²) in [4.78, 5) is 7.43. The fourth-order valence-corrected chi connectivity index (χ4v) is 3.56. The van der Waals surface area contributed by atoms with Gasteiger partial charge >= 0.3 is 0 Å². The average molecular weight is 504 g/mol. The molecule has 1 atom stereocenters. The van der Waals surface area contributed by atoms with Crippen LogP contribution in [0.5, 0.6) is 11.5 Å². The van der Waals surface area contributed by atoms with Gasteiger partial charge in [-0.25, -0.2) is 0 Å². The van der Waals surface area contributed by atoms with Gasteiger partial charge in [-0.15, -0.1) is 24.0 Å². The molecule has 0 aromatic heterocycles. The molecule has 2 rings (SSSR count). The second kappa shape index (κ2) is 13.1. The van der Waals surface area contributed by atoms with Crippen molar-refractivity contribution in [3.63, 3.8) is 0 Å². The first-order chi connectivity index (χ1) is 13.0. The number of methoxy groups -OCH3 is 2. The average Bonchev–Trinajstić information content (AvgIpc) is 2.66. The number of anilines is 1. The van der Waals surface area contributed by atoms with Crippen LogP contribution in [0.3, 0.4) is 0 Å². The first-order valence-electron chi connectivity index (χ1n) is 10.0. The molecule has 160 valence electrons.